The molecule has 250 valence electrons. The van der Waals surface area contributed by atoms with Crippen molar-refractivity contribution in [3.05, 3.63) is 47.6 Å². The molecule has 0 radical (unpaired) electrons. The molecule has 4 aliphatic rings. The van der Waals surface area contributed by atoms with Crippen molar-refractivity contribution < 1.29 is 14.0 Å². The molecule has 5 heteroatoms. The summed E-state index contributed by atoms with van der Waals surface area (Å²) in [7, 11) is -3.90. The van der Waals surface area contributed by atoms with Gasteiger partial charge in [-0.2, -0.15) is 0 Å². The summed E-state index contributed by atoms with van der Waals surface area (Å²) >= 11 is 0. The minimum atomic E-state index is -1.98. The van der Waals surface area contributed by atoms with Crippen LogP contribution < -0.4 is 0 Å². The van der Waals surface area contributed by atoms with E-state index in [0.29, 0.717) is 29.1 Å². The first-order valence-corrected chi connectivity index (χ1v) is 23.8. The predicted octanol–water partition coefficient (Wildman–Crippen LogP) is 11.1. The summed E-state index contributed by atoms with van der Waals surface area (Å²) in [6.45, 7) is 33.2. The van der Waals surface area contributed by atoms with Crippen LogP contribution in [0.3, 0.4) is 0 Å². The first-order chi connectivity index (χ1) is 20.2. The first kappa shape index (κ1) is 36.1. The number of aliphatic hydroxyl groups is 1. The van der Waals surface area contributed by atoms with Crippen molar-refractivity contribution in [3.63, 3.8) is 0 Å². The van der Waals surface area contributed by atoms with Crippen LogP contribution in [0.5, 0.6) is 0 Å². The standard InChI is InChI=1S/C39H68O3Si2/c1-27(16-23-35(40)30-18-19-30)33-21-22-34-29(15-14-24-39(33,34)9)17-20-31-25-32(41-43(10,11)37(3,4)5)26-36(28(31)2)42-44(12,13)38(6,7)8/h16-17,20,23,27,30,32-36,40H,2,14-15,18-19,21-22,24-26H2,1,3-13H3/b23-16+,29-17+,31-20+/t27-,32-,33-,34+,35-,36+,39-/m1/s1. The lowest BCUT2D eigenvalue weighted by atomic mass is 9.61. The monoisotopic (exact) mass is 640 g/mol. The van der Waals surface area contributed by atoms with Crippen LogP contribution >= 0.6 is 0 Å². The molecule has 0 heterocycles. The molecule has 0 aliphatic heterocycles. The van der Waals surface area contributed by atoms with Gasteiger partial charge in [0.05, 0.1) is 18.3 Å². The molecule has 0 aromatic heterocycles. The van der Waals surface area contributed by atoms with Crippen molar-refractivity contribution in [1.29, 1.82) is 0 Å². The van der Waals surface area contributed by atoms with Crippen LogP contribution in [-0.2, 0) is 8.85 Å². The average molecular weight is 641 g/mol. The molecular formula is C39H68O3Si2. The van der Waals surface area contributed by atoms with E-state index in [1.807, 2.05) is 0 Å². The van der Waals surface area contributed by atoms with Crippen molar-refractivity contribution in [1.82, 2.24) is 0 Å². The first-order valence-electron chi connectivity index (χ1n) is 18.0. The molecule has 0 amide bonds. The molecular weight excluding hydrogens is 573 g/mol. The zero-order chi connectivity index (χ0) is 32.9. The number of hydrogen-bond donors (Lipinski definition) is 1. The van der Waals surface area contributed by atoms with Crippen molar-refractivity contribution in [2.45, 2.75) is 168 Å². The minimum Gasteiger partial charge on any atom is -0.413 e. The third-order valence-corrected chi connectivity index (χ3v) is 22.1. The Morgan fingerprint density at radius 1 is 0.909 bits per heavy atom. The van der Waals surface area contributed by atoms with E-state index in [2.05, 4.69) is 112 Å². The molecule has 4 saturated carbocycles. The van der Waals surface area contributed by atoms with Crippen LogP contribution in [0.1, 0.15) is 113 Å². The molecule has 0 bridgehead atoms. The van der Waals surface area contributed by atoms with Crippen LogP contribution in [0.25, 0.3) is 0 Å². The highest BCUT2D eigenvalue weighted by Crippen LogP contribution is 2.59. The molecule has 0 spiro atoms. The highest BCUT2D eigenvalue weighted by Gasteiger charge is 2.50. The summed E-state index contributed by atoms with van der Waals surface area (Å²) in [6, 6.07) is 0. The third-order valence-electron chi connectivity index (χ3n) is 13.1. The molecule has 0 aromatic carbocycles. The normalized spacial score (nSPS) is 34.2. The van der Waals surface area contributed by atoms with Crippen LogP contribution in [0, 0.1) is 29.1 Å². The Balaban J connectivity index is 1.57. The summed E-state index contributed by atoms with van der Waals surface area (Å²) in [4.78, 5) is 0. The molecule has 3 nitrogen and oxygen atoms in total. The maximum absolute atomic E-state index is 10.5. The summed E-state index contributed by atoms with van der Waals surface area (Å²) in [5.74, 6) is 2.35. The Labute approximate surface area is 274 Å². The van der Waals surface area contributed by atoms with Gasteiger partial charge in [-0.15, -0.1) is 0 Å². The molecule has 0 aromatic rings. The van der Waals surface area contributed by atoms with E-state index in [1.165, 1.54) is 56.1 Å². The van der Waals surface area contributed by atoms with Gasteiger partial charge in [-0.05, 0) is 128 Å². The molecule has 1 N–H and O–H groups in total. The lowest BCUT2D eigenvalue weighted by molar-refractivity contribution is 0.0969. The zero-order valence-corrected chi connectivity index (χ0v) is 32.7. The van der Waals surface area contributed by atoms with Gasteiger partial charge < -0.3 is 14.0 Å². The Bertz CT molecular complexity index is 1130. The predicted molar refractivity (Wildman–Crippen MR) is 194 cm³/mol. The summed E-state index contributed by atoms with van der Waals surface area (Å²) < 4.78 is 14.2. The SMILES string of the molecule is C=C1/C(=C/C=C2\CCC[C@]3(C)[C@@H]([C@H](C)/C=C/[C@@H](O)C4CC4)CC[C@@H]23)C[C@@H](O[Si](C)(C)C(C)(C)C)C[C@@H]1O[Si](C)(C)C(C)(C)C. The van der Waals surface area contributed by atoms with Crippen molar-refractivity contribution in [2.75, 3.05) is 0 Å². The number of aliphatic hydroxyl groups excluding tert-OH is 1. The molecule has 4 rings (SSSR count). The van der Waals surface area contributed by atoms with E-state index < -0.39 is 16.6 Å². The van der Waals surface area contributed by atoms with Crippen LogP contribution in [0.2, 0.25) is 36.3 Å². The van der Waals surface area contributed by atoms with E-state index in [9.17, 15) is 5.11 Å². The number of fused-ring (bicyclic) bond motifs is 1. The maximum atomic E-state index is 10.5. The highest BCUT2D eigenvalue weighted by molar-refractivity contribution is 6.74. The topological polar surface area (TPSA) is 38.7 Å². The zero-order valence-electron chi connectivity index (χ0n) is 30.7. The van der Waals surface area contributed by atoms with Gasteiger partial charge in [0, 0.05) is 6.42 Å². The molecule has 4 aliphatic carbocycles. The van der Waals surface area contributed by atoms with Gasteiger partial charge in [-0.25, -0.2) is 0 Å². The largest absolute Gasteiger partial charge is 0.413 e. The Kier molecular flexibility index (Phi) is 10.7. The lowest BCUT2D eigenvalue weighted by Gasteiger charge is -2.45. The Morgan fingerprint density at radius 2 is 1.52 bits per heavy atom. The second-order valence-electron chi connectivity index (χ2n) is 18.4. The third kappa shape index (κ3) is 7.86. The molecule has 0 saturated heterocycles. The van der Waals surface area contributed by atoms with Crippen LogP contribution in [-0.4, -0.2) is 40.1 Å². The lowest BCUT2D eigenvalue weighted by Crippen LogP contribution is -2.49. The van der Waals surface area contributed by atoms with Crippen LogP contribution in [0.15, 0.2) is 47.6 Å². The number of allylic oxidation sites excluding steroid dienone is 4. The quantitative estimate of drug-likeness (QED) is 0.201. The van der Waals surface area contributed by atoms with Crippen molar-refractivity contribution >= 4 is 16.6 Å². The van der Waals surface area contributed by atoms with E-state index in [0.717, 1.165) is 12.8 Å². The second kappa shape index (κ2) is 13.1. The Hall–Kier alpha value is -0.726. The van der Waals surface area contributed by atoms with Gasteiger partial charge in [-0.1, -0.05) is 91.8 Å². The van der Waals surface area contributed by atoms with E-state index in [1.54, 1.807) is 5.57 Å². The number of rotatable bonds is 9. The van der Waals surface area contributed by atoms with Gasteiger partial charge in [-0.3, -0.25) is 0 Å². The van der Waals surface area contributed by atoms with Crippen molar-refractivity contribution in [3.8, 4) is 0 Å². The number of hydrogen-bond acceptors (Lipinski definition) is 3. The summed E-state index contributed by atoms with van der Waals surface area (Å²) in [5, 5.41) is 10.8. The summed E-state index contributed by atoms with van der Waals surface area (Å²) in [5.41, 5.74) is 4.49. The smallest absolute Gasteiger partial charge is 0.192 e. The molecule has 0 unspecified atom stereocenters. The maximum Gasteiger partial charge on any atom is 0.192 e. The summed E-state index contributed by atoms with van der Waals surface area (Å²) in [6.07, 6.45) is 19.9. The molecule has 7 atom stereocenters. The fourth-order valence-electron chi connectivity index (χ4n) is 7.93. The highest BCUT2D eigenvalue weighted by atomic mass is 28.4. The van der Waals surface area contributed by atoms with Gasteiger partial charge in [0.25, 0.3) is 0 Å². The average Bonchev–Trinajstić information content (AvgIpc) is 3.68. The van der Waals surface area contributed by atoms with E-state index >= 15 is 0 Å². The van der Waals surface area contributed by atoms with Gasteiger partial charge in [0.2, 0.25) is 0 Å². The van der Waals surface area contributed by atoms with Crippen molar-refractivity contribution in [2.24, 2.45) is 29.1 Å². The molecule has 44 heavy (non-hydrogen) atoms. The minimum absolute atomic E-state index is 0.0233. The second-order valence-corrected chi connectivity index (χ2v) is 27.9. The fourth-order valence-corrected chi connectivity index (χ4v) is 10.6. The van der Waals surface area contributed by atoms with Crippen LogP contribution in [0.4, 0.5) is 0 Å². The van der Waals surface area contributed by atoms with Gasteiger partial charge in [0.1, 0.15) is 0 Å². The van der Waals surface area contributed by atoms with Gasteiger partial charge >= 0.3 is 0 Å². The Morgan fingerprint density at radius 3 is 2.11 bits per heavy atom. The molecule has 4 fully saturated rings. The van der Waals surface area contributed by atoms with E-state index in [-0.39, 0.29) is 28.4 Å². The fraction of sp³-hybridized carbons (Fsp3) is 0.795. The van der Waals surface area contributed by atoms with E-state index in [4.69, 9.17) is 8.85 Å². The van der Waals surface area contributed by atoms with Gasteiger partial charge in [0.15, 0.2) is 16.6 Å².